The van der Waals surface area contributed by atoms with Gasteiger partial charge in [0, 0.05) is 29.2 Å². The second-order valence-corrected chi connectivity index (χ2v) is 6.21. The van der Waals surface area contributed by atoms with Gasteiger partial charge in [0.2, 0.25) is 0 Å². The molecule has 0 aromatic heterocycles. The van der Waals surface area contributed by atoms with E-state index in [0.717, 1.165) is 0 Å². The number of carbonyl (C=O) groups excluding carboxylic acids is 3. The van der Waals surface area contributed by atoms with Gasteiger partial charge in [-0.05, 0) is 12.5 Å². The van der Waals surface area contributed by atoms with Gasteiger partial charge in [-0.25, -0.2) is 0 Å². The molecule has 2 aliphatic carbocycles. The van der Waals surface area contributed by atoms with Crippen LogP contribution < -0.4 is 0 Å². The van der Waals surface area contributed by atoms with E-state index in [1.165, 1.54) is 19.1 Å². The molecule has 2 aromatic carbocycles. The molecule has 1 atom stereocenters. The maximum Gasteiger partial charge on any atom is 0.303 e. The van der Waals surface area contributed by atoms with Crippen molar-refractivity contribution in [3.05, 3.63) is 69.8 Å². The quantitative estimate of drug-likeness (QED) is 0.397. The molecule has 0 saturated heterocycles. The number of fused-ring (bicyclic) bond motifs is 3. The van der Waals surface area contributed by atoms with E-state index in [-0.39, 0.29) is 45.6 Å². The van der Waals surface area contributed by atoms with Gasteiger partial charge in [-0.2, -0.15) is 0 Å². The lowest BCUT2D eigenvalue weighted by Gasteiger charge is -2.27. The Bertz CT molecular complexity index is 1030. The molecule has 4 rings (SSSR count). The Morgan fingerprint density at radius 3 is 2.19 bits per heavy atom. The molecule has 130 valence electrons. The van der Waals surface area contributed by atoms with E-state index in [2.05, 4.69) is 0 Å². The minimum absolute atomic E-state index is 0.138. The number of benzene rings is 2. The van der Waals surface area contributed by atoms with Gasteiger partial charge in [-0.3, -0.25) is 14.4 Å². The summed E-state index contributed by atoms with van der Waals surface area (Å²) < 4.78 is 5.18. The summed E-state index contributed by atoms with van der Waals surface area (Å²) in [6.45, 7) is 1.22. The number of allylic oxidation sites excluding steroid dienone is 1. The minimum atomic E-state index is -0.937. The fourth-order valence-corrected chi connectivity index (χ4v) is 3.58. The first-order valence-electron chi connectivity index (χ1n) is 8.04. The van der Waals surface area contributed by atoms with E-state index in [1.807, 2.05) is 0 Å². The Morgan fingerprint density at radius 1 is 1.04 bits per heavy atom. The zero-order valence-electron chi connectivity index (χ0n) is 13.8. The number of ether oxygens (including phenoxy) is 1. The maximum atomic E-state index is 12.9. The molecule has 6 nitrogen and oxygen atoms in total. The van der Waals surface area contributed by atoms with Crippen molar-refractivity contribution in [3.8, 4) is 11.5 Å². The van der Waals surface area contributed by atoms with Gasteiger partial charge in [0.05, 0.1) is 11.1 Å². The Balaban J connectivity index is 2.02. The number of ketones is 2. The van der Waals surface area contributed by atoms with Crippen LogP contribution in [0.3, 0.4) is 0 Å². The molecule has 2 N–H and O–H groups in total. The van der Waals surface area contributed by atoms with E-state index in [0.29, 0.717) is 0 Å². The first-order valence-corrected chi connectivity index (χ1v) is 8.04. The lowest BCUT2D eigenvalue weighted by molar-refractivity contribution is -0.144. The monoisotopic (exact) mass is 350 g/mol. The first kappa shape index (κ1) is 16.1. The third-order valence-electron chi connectivity index (χ3n) is 4.67. The van der Waals surface area contributed by atoms with Crippen molar-refractivity contribution in [2.45, 2.75) is 19.4 Å². The van der Waals surface area contributed by atoms with Crippen molar-refractivity contribution in [2.75, 3.05) is 0 Å². The van der Waals surface area contributed by atoms with Crippen LogP contribution in [0.2, 0.25) is 0 Å². The van der Waals surface area contributed by atoms with E-state index < -0.39 is 29.4 Å². The van der Waals surface area contributed by atoms with Crippen LogP contribution in [0.5, 0.6) is 11.5 Å². The minimum Gasteiger partial charge on any atom is -0.507 e. The molecule has 0 spiro atoms. The summed E-state index contributed by atoms with van der Waals surface area (Å²) in [4.78, 5) is 37.1. The molecule has 0 bridgehead atoms. The largest absolute Gasteiger partial charge is 0.507 e. The van der Waals surface area contributed by atoms with Crippen LogP contribution in [-0.4, -0.2) is 27.7 Å². The highest BCUT2D eigenvalue weighted by Crippen LogP contribution is 2.47. The summed E-state index contributed by atoms with van der Waals surface area (Å²) in [7, 11) is 0. The third kappa shape index (κ3) is 2.08. The lowest BCUT2D eigenvalue weighted by atomic mass is 9.78. The topological polar surface area (TPSA) is 101 Å². The van der Waals surface area contributed by atoms with Crippen molar-refractivity contribution < 1.29 is 29.3 Å². The van der Waals surface area contributed by atoms with Gasteiger partial charge in [-0.15, -0.1) is 0 Å². The average Bonchev–Trinajstić information content (AvgIpc) is 2.62. The predicted molar refractivity (Wildman–Crippen MR) is 90.4 cm³/mol. The number of hydrogen-bond donors (Lipinski definition) is 2. The van der Waals surface area contributed by atoms with Crippen LogP contribution in [-0.2, 0) is 16.0 Å². The summed E-state index contributed by atoms with van der Waals surface area (Å²) in [6, 6.07) is 6.26. The van der Waals surface area contributed by atoms with Crippen LogP contribution in [0, 0.1) is 0 Å². The Kier molecular flexibility index (Phi) is 3.44. The number of carbonyl (C=O) groups is 3. The van der Waals surface area contributed by atoms with Crippen LogP contribution in [0.25, 0.3) is 0 Å². The molecular formula is C20H14O6. The number of phenols is 2. The fraction of sp³-hybridized carbons (Fsp3) is 0.150. The molecule has 2 aliphatic rings. The van der Waals surface area contributed by atoms with Gasteiger partial charge in [0.25, 0.3) is 0 Å². The van der Waals surface area contributed by atoms with Crippen LogP contribution in [0.15, 0.2) is 36.4 Å². The van der Waals surface area contributed by atoms with Gasteiger partial charge in [0.1, 0.15) is 17.6 Å². The Hall–Kier alpha value is -3.41. The SMILES string of the molecule is CC(=O)OC1C=CCc2c(O)c3c(c(O)c21)C(=O)c1ccccc1C3=O. The van der Waals surface area contributed by atoms with Crippen molar-refractivity contribution >= 4 is 17.5 Å². The van der Waals surface area contributed by atoms with Crippen molar-refractivity contribution in [3.63, 3.8) is 0 Å². The van der Waals surface area contributed by atoms with Crippen LogP contribution in [0.1, 0.15) is 56.0 Å². The maximum absolute atomic E-state index is 12.9. The van der Waals surface area contributed by atoms with Gasteiger partial charge < -0.3 is 14.9 Å². The highest BCUT2D eigenvalue weighted by atomic mass is 16.5. The number of rotatable bonds is 1. The van der Waals surface area contributed by atoms with Crippen molar-refractivity contribution in [1.82, 2.24) is 0 Å². The van der Waals surface area contributed by atoms with Gasteiger partial charge in [0.15, 0.2) is 11.6 Å². The Labute approximate surface area is 148 Å². The van der Waals surface area contributed by atoms with E-state index in [1.54, 1.807) is 24.3 Å². The zero-order chi connectivity index (χ0) is 18.6. The summed E-state index contributed by atoms with van der Waals surface area (Å²) in [6.07, 6.45) is 2.54. The summed E-state index contributed by atoms with van der Waals surface area (Å²) in [5.41, 5.74) is 0.298. The van der Waals surface area contributed by atoms with E-state index in [4.69, 9.17) is 4.74 Å². The van der Waals surface area contributed by atoms with Crippen LogP contribution >= 0.6 is 0 Å². The number of hydrogen-bond acceptors (Lipinski definition) is 6. The third-order valence-corrected chi connectivity index (χ3v) is 4.67. The van der Waals surface area contributed by atoms with Crippen LogP contribution in [0.4, 0.5) is 0 Å². The molecular weight excluding hydrogens is 336 g/mol. The highest BCUT2D eigenvalue weighted by Gasteiger charge is 2.39. The molecule has 6 heteroatoms. The van der Waals surface area contributed by atoms with Gasteiger partial charge in [-0.1, -0.05) is 30.3 Å². The molecule has 0 fully saturated rings. The second kappa shape index (κ2) is 5.56. The summed E-state index contributed by atoms with van der Waals surface area (Å²) >= 11 is 0. The molecule has 2 aromatic rings. The summed E-state index contributed by atoms with van der Waals surface area (Å²) in [5, 5.41) is 21.5. The number of aromatic hydroxyl groups is 2. The molecule has 0 aliphatic heterocycles. The Morgan fingerprint density at radius 2 is 1.62 bits per heavy atom. The fourth-order valence-electron chi connectivity index (χ4n) is 3.58. The second-order valence-electron chi connectivity index (χ2n) is 6.21. The normalized spacial score (nSPS) is 17.3. The first-order chi connectivity index (χ1) is 12.4. The molecule has 1 unspecified atom stereocenters. The molecule has 26 heavy (non-hydrogen) atoms. The van der Waals surface area contributed by atoms with Crippen molar-refractivity contribution in [2.24, 2.45) is 0 Å². The van der Waals surface area contributed by atoms with E-state index in [9.17, 15) is 24.6 Å². The van der Waals surface area contributed by atoms with Crippen molar-refractivity contribution in [1.29, 1.82) is 0 Å². The molecule has 0 heterocycles. The molecule has 0 saturated carbocycles. The predicted octanol–water partition coefficient (Wildman–Crippen LogP) is 2.59. The standard InChI is InChI=1S/C20H14O6/c1-9(21)26-13-8-4-7-12-14(13)20(25)16-15(19(12)24)17(22)10-5-2-3-6-11(10)18(16)23/h2-6,8,13,24-25H,7H2,1H3. The average molecular weight is 350 g/mol. The number of phenolic OH excluding ortho intramolecular Hbond substituents is 2. The smallest absolute Gasteiger partial charge is 0.303 e. The molecule has 0 radical (unpaired) electrons. The highest BCUT2D eigenvalue weighted by molar-refractivity contribution is 6.30. The lowest BCUT2D eigenvalue weighted by Crippen LogP contribution is -2.24. The van der Waals surface area contributed by atoms with Gasteiger partial charge >= 0.3 is 5.97 Å². The zero-order valence-corrected chi connectivity index (χ0v) is 13.8. The van der Waals surface area contributed by atoms with E-state index >= 15 is 0 Å². The number of esters is 1. The molecule has 0 amide bonds. The summed E-state index contributed by atoms with van der Waals surface area (Å²) in [5.74, 6) is -2.44.